The zero-order valence-electron chi connectivity index (χ0n) is 21.5. The topological polar surface area (TPSA) is 79.3 Å². The SMILES string of the molecule is O=C(O)c1cccc(C2CCN(C3CC4OCCC4(C(=O)N4COc5ccc(C(F)(F)F)cc5C4)C3)CC2)c1. The van der Waals surface area contributed by atoms with Gasteiger partial charge in [-0.3, -0.25) is 4.79 Å². The Morgan fingerprint density at radius 2 is 1.87 bits per heavy atom. The van der Waals surface area contributed by atoms with Crippen LogP contribution in [-0.4, -0.2) is 65.4 Å². The number of carboxylic acids is 1. The lowest BCUT2D eigenvalue weighted by molar-refractivity contribution is -0.149. The molecular weight excluding hydrogens is 513 g/mol. The molecule has 3 unspecified atom stereocenters. The molecule has 0 spiro atoms. The summed E-state index contributed by atoms with van der Waals surface area (Å²) in [6.07, 6.45) is -0.875. The van der Waals surface area contributed by atoms with Crippen LogP contribution >= 0.6 is 0 Å². The molecule has 1 aliphatic carbocycles. The molecule has 1 N–H and O–H groups in total. The minimum Gasteiger partial charge on any atom is -0.478 e. The second-order valence-corrected chi connectivity index (χ2v) is 11.2. The van der Waals surface area contributed by atoms with Crippen molar-refractivity contribution in [1.82, 2.24) is 9.80 Å². The van der Waals surface area contributed by atoms with Gasteiger partial charge in [-0.2, -0.15) is 13.2 Å². The van der Waals surface area contributed by atoms with Gasteiger partial charge in [0, 0.05) is 18.2 Å². The number of carbonyl (C=O) groups excluding carboxylic acids is 1. The Kier molecular flexibility index (Phi) is 6.58. The molecule has 3 atom stereocenters. The Morgan fingerprint density at radius 3 is 2.62 bits per heavy atom. The summed E-state index contributed by atoms with van der Waals surface area (Å²) in [6, 6.07) is 10.7. The predicted molar refractivity (Wildman–Crippen MR) is 134 cm³/mol. The van der Waals surface area contributed by atoms with E-state index < -0.39 is 23.1 Å². The first-order valence-corrected chi connectivity index (χ1v) is 13.5. The van der Waals surface area contributed by atoms with E-state index in [4.69, 9.17) is 9.47 Å². The molecule has 2 saturated heterocycles. The minimum absolute atomic E-state index is 0.0110. The summed E-state index contributed by atoms with van der Waals surface area (Å²) in [5.74, 6) is -0.355. The fraction of sp³-hybridized carbons (Fsp3) is 0.517. The first-order chi connectivity index (χ1) is 18.6. The molecule has 3 heterocycles. The second kappa shape index (κ2) is 9.82. The molecule has 2 aromatic rings. The number of piperidine rings is 1. The van der Waals surface area contributed by atoms with E-state index in [1.54, 1.807) is 18.2 Å². The van der Waals surface area contributed by atoms with Gasteiger partial charge in [0.15, 0.2) is 6.73 Å². The van der Waals surface area contributed by atoms with Gasteiger partial charge in [0.25, 0.3) is 0 Å². The normalized spacial score (nSPS) is 27.6. The fourth-order valence-electron chi connectivity index (χ4n) is 6.98. The Labute approximate surface area is 224 Å². The third-order valence-electron chi connectivity index (χ3n) is 9.06. The van der Waals surface area contributed by atoms with Gasteiger partial charge in [0.1, 0.15) is 5.75 Å². The van der Waals surface area contributed by atoms with E-state index in [0.717, 1.165) is 50.0 Å². The quantitative estimate of drug-likeness (QED) is 0.590. The zero-order valence-corrected chi connectivity index (χ0v) is 21.5. The summed E-state index contributed by atoms with van der Waals surface area (Å²) in [7, 11) is 0. The van der Waals surface area contributed by atoms with Crippen LogP contribution < -0.4 is 4.74 Å². The van der Waals surface area contributed by atoms with Gasteiger partial charge in [0.05, 0.1) is 29.2 Å². The number of fused-ring (bicyclic) bond motifs is 2. The fourth-order valence-corrected chi connectivity index (χ4v) is 6.98. The summed E-state index contributed by atoms with van der Waals surface area (Å²) in [5, 5.41) is 9.32. The highest BCUT2D eigenvalue weighted by molar-refractivity contribution is 5.87. The molecule has 0 radical (unpaired) electrons. The summed E-state index contributed by atoms with van der Waals surface area (Å²) >= 11 is 0. The summed E-state index contributed by atoms with van der Waals surface area (Å²) < 4.78 is 51.5. The van der Waals surface area contributed by atoms with Gasteiger partial charge in [0.2, 0.25) is 5.91 Å². The van der Waals surface area contributed by atoms with Crippen molar-refractivity contribution >= 4 is 11.9 Å². The molecule has 7 nitrogen and oxygen atoms in total. The number of carboxylic acid groups (broad SMARTS) is 1. The van der Waals surface area contributed by atoms with Crippen molar-refractivity contribution in [3.63, 3.8) is 0 Å². The molecule has 0 aromatic heterocycles. The molecule has 4 aliphatic rings. The average Bonchev–Trinajstić information content (AvgIpc) is 3.50. The second-order valence-electron chi connectivity index (χ2n) is 11.2. The van der Waals surface area contributed by atoms with E-state index in [0.29, 0.717) is 42.2 Å². The number of rotatable bonds is 4. The average molecular weight is 545 g/mol. The number of hydrogen-bond donors (Lipinski definition) is 1. The van der Waals surface area contributed by atoms with Crippen molar-refractivity contribution in [2.45, 2.75) is 62.9 Å². The van der Waals surface area contributed by atoms with Crippen molar-refractivity contribution in [1.29, 1.82) is 0 Å². The minimum atomic E-state index is -4.46. The summed E-state index contributed by atoms with van der Waals surface area (Å²) in [6.45, 7) is 2.29. The van der Waals surface area contributed by atoms with Crippen LogP contribution in [-0.2, 0) is 22.3 Å². The number of ether oxygens (including phenoxy) is 2. The molecule has 3 aliphatic heterocycles. The van der Waals surface area contributed by atoms with Crippen molar-refractivity contribution in [2.75, 3.05) is 26.4 Å². The molecule has 1 amide bonds. The number of amides is 1. The van der Waals surface area contributed by atoms with Gasteiger partial charge < -0.3 is 24.4 Å². The van der Waals surface area contributed by atoms with E-state index >= 15 is 0 Å². The smallest absolute Gasteiger partial charge is 0.416 e. The first-order valence-electron chi connectivity index (χ1n) is 13.5. The summed E-state index contributed by atoms with van der Waals surface area (Å²) in [4.78, 5) is 29.3. The lowest BCUT2D eigenvalue weighted by Gasteiger charge is -2.38. The predicted octanol–water partition coefficient (Wildman–Crippen LogP) is 4.90. The third kappa shape index (κ3) is 4.78. The zero-order chi connectivity index (χ0) is 27.4. The van der Waals surface area contributed by atoms with Crippen LogP contribution in [0.15, 0.2) is 42.5 Å². The van der Waals surface area contributed by atoms with Gasteiger partial charge in [-0.25, -0.2) is 4.79 Å². The van der Waals surface area contributed by atoms with Crippen LogP contribution in [0.1, 0.15) is 65.1 Å². The molecule has 0 bridgehead atoms. The Hall–Kier alpha value is -3.11. The van der Waals surface area contributed by atoms with Gasteiger partial charge >= 0.3 is 12.1 Å². The molecule has 39 heavy (non-hydrogen) atoms. The number of alkyl halides is 3. The highest BCUT2D eigenvalue weighted by Gasteiger charge is 2.58. The van der Waals surface area contributed by atoms with Gasteiger partial charge in [-0.05, 0) is 87.0 Å². The maximum atomic E-state index is 13.9. The van der Waals surface area contributed by atoms with Crippen LogP contribution in [0.5, 0.6) is 5.75 Å². The number of benzene rings is 2. The van der Waals surface area contributed by atoms with Crippen molar-refractivity contribution in [3.05, 3.63) is 64.7 Å². The number of aromatic carboxylic acids is 1. The molecule has 1 saturated carbocycles. The first kappa shape index (κ1) is 26.1. The molecule has 2 aromatic carbocycles. The van der Waals surface area contributed by atoms with Crippen molar-refractivity contribution < 1.29 is 37.3 Å². The maximum Gasteiger partial charge on any atom is 0.416 e. The van der Waals surface area contributed by atoms with Crippen molar-refractivity contribution in [3.8, 4) is 5.75 Å². The van der Waals surface area contributed by atoms with E-state index in [1.807, 2.05) is 6.07 Å². The van der Waals surface area contributed by atoms with E-state index in [1.165, 1.54) is 11.0 Å². The molecule has 6 rings (SSSR count). The van der Waals surface area contributed by atoms with Gasteiger partial charge in [-0.15, -0.1) is 0 Å². The highest BCUT2D eigenvalue weighted by atomic mass is 19.4. The Bertz CT molecular complexity index is 1280. The monoisotopic (exact) mass is 544 g/mol. The molecular formula is C29H31F3N2O5. The maximum absolute atomic E-state index is 13.9. The number of likely N-dealkylation sites (tertiary alicyclic amines) is 1. The lowest BCUT2D eigenvalue weighted by Crippen LogP contribution is -2.49. The van der Waals surface area contributed by atoms with Crippen LogP contribution in [0, 0.1) is 5.41 Å². The third-order valence-corrected chi connectivity index (χ3v) is 9.06. The molecule has 208 valence electrons. The van der Waals surface area contributed by atoms with Crippen LogP contribution in [0.2, 0.25) is 0 Å². The van der Waals surface area contributed by atoms with Crippen LogP contribution in [0.3, 0.4) is 0 Å². The number of nitrogens with zero attached hydrogens (tertiary/aromatic N) is 2. The largest absolute Gasteiger partial charge is 0.478 e. The molecule has 3 fully saturated rings. The molecule has 10 heteroatoms. The standard InChI is InChI=1S/C29H31F3N2O5/c30-29(31,32)22-4-5-24-21(13-22)16-34(17-39-24)27(37)28-8-11-38-25(28)14-23(15-28)33-9-6-18(7-10-33)19-2-1-3-20(12-19)26(35)36/h1-5,12-13,18,23,25H,6-11,14-17H2,(H,35,36). The lowest BCUT2D eigenvalue weighted by atomic mass is 9.80. The van der Waals surface area contributed by atoms with E-state index in [9.17, 15) is 27.9 Å². The number of carbonyl (C=O) groups is 2. The van der Waals surface area contributed by atoms with Crippen LogP contribution in [0.4, 0.5) is 13.2 Å². The number of hydrogen-bond acceptors (Lipinski definition) is 5. The van der Waals surface area contributed by atoms with E-state index in [-0.39, 0.29) is 31.3 Å². The van der Waals surface area contributed by atoms with Gasteiger partial charge in [-0.1, -0.05) is 12.1 Å². The summed E-state index contributed by atoms with van der Waals surface area (Å²) in [5.41, 5.74) is 0.264. The van der Waals surface area contributed by atoms with Crippen molar-refractivity contribution in [2.24, 2.45) is 5.41 Å². The van der Waals surface area contributed by atoms with E-state index in [2.05, 4.69) is 4.90 Å². The Balaban J connectivity index is 1.13. The highest BCUT2D eigenvalue weighted by Crippen LogP contribution is 2.51. The Morgan fingerprint density at radius 1 is 1.08 bits per heavy atom. The van der Waals surface area contributed by atoms with Crippen LogP contribution in [0.25, 0.3) is 0 Å². The number of halogens is 3.